The summed E-state index contributed by atoms with van der Waals surface area (Å²) in [5.41, 5.74) is 4.80. The number of nitrogens with one attached hydrogen (secondary N) is 2. The van der Waals surface area contributed by atoms with Crippen LogP contribution in [0.2, 0.25) is 0 Å². The molecule has 2 N–H and O–H groups in total. The second kappa shape index (κ2) is 9.36. The fourth-order valence-corrected chi connectivity index (χ4v) is 3.86. The van der Waals surface area contributed by atoms with Gasteiger partial charge >= 0.3 is 5.97 Å². The lowest BCUT2D eigenvalue weighted by molar-refractivity contribution is 0.0527. The highest BCUT2D eigenvalue weighted by Gasteiger charge is 2.25. The molecule has 2 aromatic carbocycles. The zero-order valence-electron chi connectivity index (χ0n) is 18.1. The molecule has 6 heteroatoms. The molecule has 0 fully saturated rings. The monoisotopic (exact) mass is 424 g/mol. The number of benzene rings is 2. The smallest absolute Gasteiger partial charge is 0.341 e. The largest absolute Gasteiger partial charge is 0.462 e. The number of rotatable bonds is 7. The van der Waals surface area contributed by atoms with Gasteiger partial charge in [-0.05, 0) is 18.1 Å². The summed E-state index contributed by atoms with van der Waals surface area (Å²) in [4.78, 5) is 20.5. The molecule has 0 saturated carbocycles. The normalized spacial score (nSPS) is 11.7. The van der Waals surface area contributed by atoms with E-state index in [0.717, 1.165) is 16.8 Å². The second-order valence-corrected chi connectivity index (χ2v) is 7.49. The number of H-pyrrole nitrogens is 1. The van der Waals surface area contributed by atoms with Crippen molar-refractivity contribution < 1.29 is 9.53 Å². The number of nitriles is 1. The van der Waals surface area contributed by atoms with Gasteiger partial charge in [0, 0.05) is 24.4 Å². The van der Waals surface area contributed by atoms with E-state index in [-0.39, 0.29) is 12.5 Å². The summed E-state index contributed by atoms with van der Waals surface area (Å²) in [6.07, 6.45) is 1.50. The minimum atomic E-state index is -0.472. The van der Waals surface area contributed by atoms with Gasteiger partial charge in [0.2, 0.25) is 0 Å². The molecule has 6 nitrogen and oxygen atoms in total. The van der Waals surface area contributed by atoms with Gasteiger partial charge in [-0.3, -0.25) is 0 Å². The minimum Gasteiger partial charge on any atom is -0.462 e. The van der Waals surface area contributed by atoms with Gasteiger partial charge in [0.1, 0.15) is 17.3 Å². The first-order valence-electron chi connectivity index (χ1n) is 10.6. The lowest BCUT2D eigenvalue weighted by atomic mass is 9.94. The molecule has 32 heavy (non-hydrogen) atoms. The molecule has 160 valence electrons. The van der Waals surface area contributed by atoms with Crippen molar-refractivity contribution in [1.82, 2.24) is 9.97 Å². The Bertz CT molecular complexity index is 1270. The number of hydrogen-bond donors (Lipinski definition) is 2. The first-order valence-corrected chi connectivity index (χ1v) is 10.6. The van der Waals surface area contributed by atoms with Crippen molar-refractivity contribution in [2.24, 2.45) is 0 Å². The number of carbonyl (C=O) groups excluding carboxylic acids is 1. The molecule has 4 rings (SSSR count). The molecule has 1 atom stereocenters. The number of carbonyl (C=O) groups is 1. The average Bonchev–Trinajstić information content (AvgIpc) is 3.22. The Morgan fingerprint density at radius 2 is 1.84 bits per heavy atom. The van der Waals surface area contributed by atoms with E-state index in [0.29, 0.717) is 34.4 Å². The Kier molecular flexibility index (Phi) is 6.18. The van der Waals surface area contributed by atoms with E-state index in [1.54, 1.807) is 6.92 Å². The number of ether oxygens (including phenoxy) is 1. The summed E-state index contributed by atoms with van der Waals surface area (Å²) >= 11 is 0. The molecule has 1 unspecified atom stereocenters. The van der Waals surface area contributed by atoms with Crippen LogP contribution < -0.4 is 5.32 Å². The molecule has 2 aromatic heterocycles. The zero-order valence-corrected chi connectivity index (χ0v) is 18.1. The third-order valence-corrected chi connectivity index (χ3v) is 5.50. The highest BCUT2D eigenvalue weighted by Crippen LogP contribution is 2.36. The molecule has 0 aliphatic heterocycles. The fraction of sp³-hybridized carbons (Fsp3) is 0.192. The summed E-state index contributed by atoms with van der Waals surface area (Å²) in [7, 11) is 0. The van der Waals surface area contributed by atoms with Gasteiger partial charge < -0.3 is 15.0 Å². The first-order chi connectivity index (χ1) is 15.6. The van der Waals surface area contributed by atoms with Gasteiger partial charge in [-0.1, -0.05) is 67.6 Å². The van der Waals surface area contributed by atoms with Crippen LogP contribution in [0.15, 0.2) is 66.9 Å². The number of anilines is 1. The summed E-state index contributed by atoms with van der Waals surface area (Å²) < 4.78 is 5.25. The molecule has 0 aliphatic rings. The number of hydrogen-bond acceptors (Lipinski definition) is 5. The van der Waals surface area contributed by atoms with Crippen LogP contribution in [0.1, 0.15) is 52.5 Å². The predicted octanol–water partition coefficient (Wildman–Crippen LogP) is 5.38. The summed E-state index contributed by atoms with van der Waals surface area (Å²) in [6.45, 7) is 4.55. The summed E-state index contributed by atoms with van der Waals surface area (Å²) in [5, 5.41) is 14.1. The van der Waals surface area contributed by atoms with Crippen LogP contribution >= 0.6 is 0 Å². The number of aromatic nitrogens is 2. The highest BCUT2D eigenvalue weighted by molar-refractivity contribution is 6.06. The van der Waals surface area contributed by atoms with Crippen molar-refractivity contribution in [3.63, 3.8) is 0 Å². The van der Waals surface area contributed by atoms with E-state index in [9.17, 15) is 10.1 Å². The van der Waals surface area contributed by atoms with E-state index < -0.39 is 5.97 Å². The molecule has 4 aromatic rings. The maximum Gasteiger partial charge on any atom is 0.341 e. The van der Waals surface area contributed by atoms with Crippen LogP contribution in [0.25, 0.3) is 11.0 Å². The van der Waals surface area contributed by atoms with Gasteiger partial charge in [-0.15, -0.1) is 0 Å². The number of nitrogens with zero attached hydrogens (tertiary/aromatic N) is 2. The molecule has 2 heterocycles. The standard InChI is InChI=1S/C26H24N4O2/c1-3-32-26(31)21-16-29-25-22(24(21)28-15-18-10-6-4-7-11-18)20(14-27)23(30-25)17(2)19-12-8-5-9-13-19/h4-13,16-17H,3,15H2,1-2H3,(H2,28,29,30). The number of pyridine rings is 1. The minimum absolute atomic E-state index is 0.0481. The average molecular weight is 425 g/mol. The van der Waals surface area contributed by atoms with E-state index in [1.807, 2.05) is 67.6 Å². The van der Waals surface area contributed by atoms with Crippen LogP contribution in [-0.4, -0.2) is 22.5 Å². The van der Waals surface area contributed by atoms with Crippen LogP contribution in [-0.2, 0) is 11.3 Å². The fourth-order valence-electron chi connectivity index (χ4n) is 3.86. The van der Waals surface area contributed by atoms with E-state index >= 15 is 0 Å². The van der Waals surface area contributed by atoms with Crippen molar-refractivity contribution in [2.75, 3.05) is 11.9 Å². The van der Waals surface area contributed by atoms with Crippen molar-refractivity contribution in [1.29, 1.82) is 5.26 Å². The Balaban J connectivity index is 1.86. The Hall–Kier alpha value is -4.11. The van der Waals surface area contributed by atoms with Crippen LogP contribution in [0, 0.1) is 11.3 Å². The van der Waals surface area contributed by atoms with Gasteiger partial charge in [0.05, 0.1) is 23.2 Å². The van der Waals surface area contributed by atoms with Gasteiger partial charge in [-0.2, -0.15) is 5.26 Å². The van der Waals surface area contributed by atoms with Crippen molar-refractivity contribution in [2.45, 2.75) is 26.3 Å². The predicted molar refractivity (Wildman–Crippen MR) is 124 cm³/mol. The van der Waals surface area contributed by atoms with Gasteiger partial charge in [0.25, 0.3) is 0 Å². The van der Waals surface area contributed by atoms with Crippen molar-refractivity contribution >= 4 is 22.7 Å². The summed E-state index contributed by atoms with van der Waals surface area (Å²) in [5.74, 6) is -0.520. The van der Waals surface area contributed by atoms with E-state index in [4.69, 9.17) is 4.74 Å². The maximum atomic E-state index is 12.7. The topological polar surface area (TPSA) is 90.8 Å². The van der Waals surface area contributed by atoms with Crippen LogP contribution in [0.5, 0.6) is 0 Å². The van der Waals surface area contributed by atoms with Gasteiger partial charge in [0.15, 0.2) is 0 Å². The molecule has 0 radical (unpaired) electrons. The second-order valence-electron chi connectivity index (χ2n) is 7.49. The lowest BCUT2D eigenvalue weighted by Gasteiger charge is -2.13. The number of aromatic amines is 1. The number of esters is 1. The van der Waals surface area contributed by atoms with Gasteiger partial charge in [-0.25, -0.2) is 9.78 Å². The molecule has 0 spiro atoms. The molecular formula is C26H24N4O2. The van der Waals surface area contributed by atoms with Crippen LogP contribution in [0.4, 0.5) is 5.69 Å². The molecule has 0 aliphatic carbocycles. The maximum absolute atomic E-state index is 12.7. The third kappa shape index (κ3) is 4.06. The Morgan fingerprint density at radius 3 is 2.50 bits per heavy atom. The quantitative estimate of drug-likeness (QED) is 0.389. The molecular weight excluding hydrogens is 400 g/mol. The molecule has 0 bridgehead atoms. The highest BCUT2D eigenvalue weighted by atomic mass is 16.5. The van der Waals surface area contributed by atoms with Crippen LogP contribution in [0.3, 0.4) is 0 Å². The SMILES string of the molecule is CCOC(=O)c1cnc2[nH]c(C(C)c3ccccc3)c(C#N)c2c1NCc1ccccc1. The first kappa shape index (κ1) is 21.1. The third-order valence-electron chi connectivity index (χ3n) is 5.50. The van der Waals surface area contributed by atoms with E-state index in [2.05, 4.69) is 21.4 Å². The summed E-state index contributed by atoms with van der Waals surface area (Å²) in [6, 6.07) is 22.2. The molecule has 0 amide bonds. The Morgan fingerprint density at radius 1 is 1.16 bits per heavy atom. The lowest BCUT2D eigenvalue weighted by Crippen LogP contribution is -2.11. The Labute approximate surface area is 186 Å². The molecule has 0 saturated heterocycles. The number of fused-ring (bicyclic) bond motifs is 1. The van der Waals surface area contributed by atoms with Crippen molar-refractivity contribution in [3.8, 4) is 6.07 Å². The van der Waals surface area contributed by atoms with E-state index in [1.165, 1.54) is 6.20 Å². The zero-order chi connectivity index (χ0) is 22.5. The van der Waals surface area contributed by atoms with Crippen molar-refractivity contribution in [3.05, 3.63) is 94.8 Å².